The van der Waals surface area contributed by atoms with E-state index in [9.17, 15) is 0 Å². The Morgan fingerprint density at radius 1 is 1.27 bits per heavy atom. The predicted molar refractivity (Wildman–Crippen MR) is 61.8 cm³/mol. The minimum atomic E-state index is 0.681. The van der Waals surface area contributed by atoms with Crippen LogP contribution in [0.3, 0.4) is 0 Å². The van der Waals surface area contributed by atoms with Crippen LogP contribution in [-0.4, -0.2) is 11.7 Å². The molecule has 15 heavy (non-hydrogen) atoms. The molecule has 0 saturated carbocycles. The first-order chi connectivity index (χ1) is 7.19. The van der Waals surface area contributed by atoms with Gasteiger partial charge in [0.05, 0.1) is 5.69 Å². The van der Waals surface area contributed by atoms with Crippen molar-refractivity contribution >= 4 is 0 Å². The van der Waals surface area contributed by atoms with E-state index in [0.717, 1.165) is 37.4 Å². The van der Waals surface area contributed by atoms with Gasteiger partial charge in [-0.05, 0) is 18.9 Å². The average molecular weight is 210 g/mol. The molecule has 0 aliphatic rings. The van der Waals surface area contributed by atoms with Crippen molar-refractivity contribution in [1.29, 1.82) is 0 Å². The molecular weight excluding hydrogens is 188 g/mol. The minimum Gasteiger partial charge on any atom is -0.361 e. The molecule has 0 aromatic carbocycles. The molecule has 0 saturated heterocycles. The molecule has 0 aliphatic carbocycles. The van der Waals surface area contributed by atoms with E-state index in [1.807, 2.05) is 0 Å². The topological polar surface area (TPSA) is 38.1 Å². The van der Waals surface area contributed by atoms with E-state index in [-0.39, 0.29) is 0 Å². The molecule has 0 atom stereocenters. The van der Waals surface area contributed by atoms with Crippen LogP contribution in [0.1, 0.15) is 44.7 Å². The van der Waals surface area contributed by atoms with Crippen LogP contribution in [0.4, 0.5) is 0 Å². The third-order valence-electron chi connectivity index (χ3n) is 2.46. The molecule has 0 radical (unpaired) electrons. The van der Waals surface area contributed by atoms with E-state index in [0.29, 0.717) is 5.92 Å². The molecule has 0 fully saturated rings. The lowest BCUT2D eigenvalue weighted by Crippen LogP contribution is -2.20. The van der Waals surface area contributed by atoms with E-state index in [1.165, 1.54) is 5.56 Å². The summed E-state index contributed by atoms with van der Waals surface area (Å²) in [6.07, 6.45) is 1.87. The minimum absolute atomic E-state index is 0.681. The molecule has 1 rings (SSSR count). The van der Waals surface area contributed by atoms with Gasteiger partial charge >= 0.3 is 0 Å². The van der Waals surface area contributed by atoms with Gasteiger partial charge in [-0.2, -0.15) is 0 Å². The molecule has 1 N–H and O–H groups in total. The fraction of sp³-hybridized carbons (Fsp3) is 0.750. The molecule has 1 aromatic rings. The average Bonchev–Trinajstić information content (AvgIpc) is 2.59. The highest BCUT2D eigenvalue weighted by molar-refractivity contribution is 5.22. The van der Waals surface area contributed by atoms with E-state index in [4.69, 9.17) is 4.52 Å². The molecule has 86 valence electrons. The molecule has 0 amide bonds. The number of aromatic nitrogens is 1. The molecule has 0 spiro atoms. The Labute approximate surface area is 92.2 Å². The molecule has 3 heteroatoms. The van der Waals surface area contributed by atoms with E-state index in [1.54, 1.807) is 0 Å². The Balaban J connectivity index is 2.60. The first kappa shape index (κ1) is 12.2. The zero-order valence-corrected chi connectivity index (χ0v) is 10.3. The first-order valence-electron chi connectivity index (χ1n) is 5.86. The number of hydrogen-bond donors (Lipinski definition) is 1. The lowest BCUT2D eigenvalue weighted by atomic mass is 10.1. The third-order valence-corrected chi connectivity index (χ3v) is 2.46. The molecule has 0 aliphatic heterocycles. The van der Waals surface area contributed by atoms with Crippen molar-refractivity contribution in [3.8, 4) is 0 Å². The summed E-state index contributed by atoms with van der Waals surface area (Å²) in [4.78, 5) is 0. The summed E-state index contributed by atoms with van der Waals surface area (Å²) >= 11 is 0. The van der Waals surface area contributed by atoms with E-state index in [2.05, 4.69) is 38.2 Å². The maximum Gasteiger partial charge on any atom is 0.141 e. The summed E-state index contributed by atoms with van der Waals surface area (Å²) in [6, 6.07) is 0. The largest absolute Gasteiger partial charge is 0.361 e. The second-order valence-corrected chi connectivity index (χ2v) is 4.26. The van der Waals surface area contributed by atoms with E-state index >= 15 is 0 Å². The van der Waals surface area contributed by atoms with Gasteiger partial charge < -0.3 is 9.84 Å². The quantitative estimate of drug-likeness (QED) is 0.784. The summed E-state index contributed by atoms with van der Waals surface area (Å²) in [7, 11) is 0. The van der Waals surface area contributed by atoms with Crippen molar-refractivity contribution in [2.45, 2.75) is 47.1 Å². The SMILES string of the molecule is CCc1noc(CC)c1CNCC(C)C. The van der Waals surface area contributed by atoms with Gasteiger partial charge in [0.2, 0.25) is 0 Å². The van der Waals surface area contributed by atoms with Crippen LogP contribution in [0.25, 0.3) is 0 Å². The maximum atomic E-state index is 5.30. The number of aryl methyl sites for hydroxylation is 2. The summed E-state index contributed by atoms with van der Waals surface area (Å²) in [5, 5.41) is 7.52. The zero-order valence-electron chi connectivity index (χ0n) is 10.3. The van der Waals surface area contributed by atoms with Gasteiger partial charge in [0, 0.05) is 18.5 Å². The predicted octanol–water partition coefficient (Wildman–Crippen LogP) is 2.55. The lowest BCUT2D eigenvalue weighted by Gasteiger charge is -2.07. The number of nitrogens with zero attached hydrogens (tertiary/aromatic N) is 1. The van der Waals surface area contributed by atoms with Crippen LogP contribution in [0.2, 0.25) is 0 Å². The van der Waals surface area contributed by atoms with Gasteiger partial charge in [0.1, 0.15) is 5.76 Å². The second kappa shape index (κ2) is 5.91. The Bertz CT molecular complexity index is 270. The van der Waals surface area contributed by atoms with E-state index < -0.39 is 0 Å². The lowest BCUT2D eigenvalue weighted by molar-refractivity contribution is 0.379. The van der Waals surface area contributed by atoms with Crippen LogP contribution >= 0.6 is 0 Å². The Morgan fingerprint density at radius 2 is 2.00 bits per heavy atom. The Hall–Kier alpha value is -0.830. The summed E-state index contributed by atoms with van der Waals surface area (Å²) in [5.41, 5.74) is 2.36. The van der Waals surface area contributed by atoms with Gasteiger partial charge in [0.15, 0.2) is 0 Å². The summed E-state index contributed by atoms with van der Waals surface area (Å²) in [6.45, 7) is 10.6. The Kier molecular flexibility index (Phi) is 4.82. The molecule has 1 aromatic heterocycles. The van der Waals surface area contributed by atoms with Crippen molar-refractivity contribution in [3.63, 3.8) is 0 Å². The van der Waals surface area contributed by atoms with Crippen LogP contribution in [-0.2, 0) is 19.4 Å². The summed E-state index contributed by atoms with van der Waals surface area (Å²) < 4.78 is 5.30. The monoisotopic (exact) mass is 210 g/mol. The van der Waals surface area contributed by atoms with Gasteiger partial charge in [-0.3, -0.25) is 0 Å². The fourth-order valence-corrected chi connectivity index (χ4v) is 1.62. The number of rotatable bonds is 6. The second-order valence-electron chi connectivity index (χ2n) is 4.26. The zero-order chi connectivity index (χ0) is 11.3. The molecule has 0 unspecified atom stereocenters. The number of nitrogens with one attached hydrogen (secondary N) is 1. The fourth-order valence-electron chi connectivity index (χ4n) is 1.62. The maximum absolute atomic E-state index is 5.30. The first-order valence-corrected chi connectivity index (χ1v) is 5.86. The van der Waals surface area contributed by atoms with Crippen LogP contribution in [0.15, 0.2) is 4.52 Å². The normalized spacial score (nSPS) is 11.3. The van der Waals surface area contributed by atoms with Gasteiger partial charge in [-0.15, -0.1) is 0 Å². The smallest absolute Gasteiger partial charge is 0.141 e. The standard InChI is InChI=1S/C12H22N2O/c1-5-11-10(8-13-7-9(3)4)12(6-2)15-14-11/h9,13H,5-8H2,1-4H3. The van der Waals surface area contributed by atoms with Crippen molar-refractivity contribution in [1.82, 2.24) is 10.5 Å². The van der Waals surface area contributed by atoms with Gasteiger partial charge in [0.25, 0.3) is 0 Å². The number of hydrogen-bond acceptors (Lipinski definition) is 3. The summed E-state index contributed by atoms with van der Waals surface area (Å²) in [5.74, 6) is 1.71. The highest BCUT2D eigenvalue weighted by Crippen LogP contribution is 2.15. The molecule has 3 nitrogen and oxygen atoms in total. The highest BCUT2D eigenvalue weighted by atomic mass is 16.5. The van der Waals surface area contributed by atoms with Gasteiger partial charge in [-0.1, -0.05) is 32.9 Å². The molecule has 0 bridgehead atoms. The van der Waals surface area contributed by atoms with Crippen molar-refractivity contribution in [2.24, 2.45) is 5.92 Å². The molecule has 1 heterocycles. The van der Waals surface area contributed by atoms with Crippen LogP contribution in [0.5, 0.6) is 0 Å². The molecular formula is C12H22N2O. The van der Waals surface area contributed by atoms with Crippen molar-refractivity contribution in [3.05, 3.63) is 17.0 Å². The Morgan fingerprint density at radius 3 is 2.53 bits per heavy atom. The highest BCUT2D eigenvalue weighted by Gasteiger charge is 2.12. The van der Waals surface area contributed by atoms with Crippen molar-refractivity contribution < 1.29 is 4.52 Å². The van der Waals surface area contributed by atoms with Crippen LogP contribution in [0, 0.1) is 5.92 Å². The third kappa shape index (κ3) is 3.34. The van der Waals surface area contributed by atoms with Crippen molar-refractivity contribution in [2.75, 3.05) is 6.54 Å². The van der Waals surface area contributed by atoms with Crippen LogP contribution < -0.4 is 5.32 Å². The van der Waals surface area contributed by atoms with Gasteiger partial charge in [-0.25, -0.2) is 0 Å².